The van der Waals surface area contributed by atoms with Crippen molar-refractivity contribution < 1.29 is 9.53 Å². The van der Waals surface area contributed by atoms with Crippen molar-refractivity contribution >= 4 is 5.78 Å². The van der Waals surface area contributed by atoms with Gasteiger partial charge in [0.15, 0.2) is 0 Å². The first-order valence-corrected chi connectivity index (χ1v) is 14.1. The zero-order valence-corrected chi connectivity index (χ0v) is 22.0. The fraction of sp³-hybridized carbons (Fsp3) is 0.967. The van der Waals surface area contributed by atoms with E-state index in [1.54, 1.807) is 0 Å². The highest BCUT2D eigenvalue weighted by Gasteiger charge is 2.82. The monoisotopic (exact) mass is 440 g/mol. The number of ketones is 1. The molecule has 32 heavy (non-hydrogen) atoms. The summed E-state index contributed by atoms with van der Waals surface area (Å²) < 4.78 is 5.91. The summed E-state index contributed by atoms with van der Waals surface area (Å²) in [6.07, 6.45) is 15.1. The molecule has 6 rings (SSSR count). The lowest BCUT2D eigenvalue weighted by molar-refractivity contribution is -0.157. The van der Waals surface area contributed by atoms with Crippen molar-refractivity contribution in [1.29, 1.82) is 0 Å². The number of ether oxygens (including phenoxy) is 1. The smallest absolute Gasteiger partial charge is 0.138 e. The quantitative estimate of drug-likeness (QED) is 0.421. The third-order valence-corrected chi connectivity index (χ3v) is 13.7. The highest BCUT2D eigenvalue weighted by Crippen LogP contribution is 2.88. The average molecular weight is 441 g/mol. The molecule has 2 nitrogen and oxygen atoms in total. The largest absolute Gasteiger partial charge is 0.367 e. The minimum absolute atomic E-state index is 0.0836. The lowest BCUT2D eigenvalue weighted by atomic mass is 9.42. The SMILES string of the molecule is C[C@H](CC[C@H]1OC1(C)C)[C@H]1CC[C@@]2(C)C3CCC4C(C)(C)C(=O)CC[C@@]45C[C@@]35CC[C@]12C. The maximum atomic E-state index is 12.8. The van der Waals surface area contributed by atoms with Gasteiger partial charge in [-0.3, -0.25) is 4.79 Å². The van der Waals surface area contributed by atoms with Gasteiger partial charge in [-0.15, -0.1) is 0 Å². The highest BCUT2D eigenvalue weighted by atomic mass is 16.6. The minimum atomic E-state index is -0.0836. The molecule has 180 valence electrons. The van der Waals surface area contributed by atoms with E-state index in [-0.39, 0.29) is 11.0 Å². The van der Waals surface area contributed by atoms with Crippen LogP contribution in [0.25, 0.3) is 0 Å². The summed E-state index contributed by atoms with van der Waals surface area (Å²) in [5.74, 6) is 3.79. The summed E-state index contributed by atoms with van der Waals surface area (Å²) in [5.41, 5.74) is 2.14. The molecule has 1 heterocycles. The van der Waals surface area contributed by atoms with E-state index in [1.165, 1.54) is 64.2 Å². The number of Topliss-reactive ketones (excluding diaryl/α,β-unsaturated/α-hetero) is 1. The second kappa shape index (κ2) is 6.24. The molecule has 5 aliphatic carbocycles. The number of carbonyl (C=O) groups is 1. The van der Waals surface area contributed by atoms with Gasteiger partial charge in [-0.25, -0.2) is 0 Å². The van der Waals surface area contributed by atoms with Crippen LogP contribution in [0.3, 0.4) is 0 Å². The summed E-state index contributed by atoms with van der Waals surface area (Å²) >= 11 is 0. The Balaban J connectivity index is 1.24. The van der Waals surface area contributed by atoms with E-state index in [9.17, 15) is 4.79 Å². The van der Waals surface area contributed by atoms with Gasteiger partial charge in [-0.05, 0) is 123 Å². The van der Waals surface area contributed by atoms with Crippen molar-refractivity contribution in [1.82, 2.24) is 0 Å². The van der Waals surface area contributed by atoms with E-state index in [0.717, 1.165) is 24.2 Å². The molecule has 1 saturated heterocycles. The number of epoxide rings is 1. The van der Waals surface area contributed by atoms with Crippen LogP contribution in [-0.4, -0.2) is 17.5 Å². The van der Waals surface area contributed by atoms with Crippen LogP contribution in [0.5, 0.6) is 0 Å². The molecule has 1 aliphatic heterocycles. The van der Waals surface area contributed by atoms with Crippen LogP contribution in [0.4, 0.5) is 0 Å². The molecule has 0 radical (unpaired) electrons. The van der Waals surface area contributed by atoms with E-state index in [1.807, 2.05) is 0 Å². The number of rotatable bonds is 4. The molecule has 9 atom stereocenters. The van der Waals surface area contributed by atoms with Crippen molar-refractivity contribution in [2.75, 3.05) is 0 Å². The Morgan fingerprint density at radius 3 is 2.22 bits per heavy atom. The Morgan fingerprint density at radius 1 is 0.875 bits per heavy atom. The minimum Gasteiger partial charge on any atom is -0.367 e. The Morgan fingerprint density at radius 2 is 1.53 bits per heavy atom. The van der Waals surface area contributed by atoms with Crippen LogP contribution in [0, 0.1) is 50.7 Å². The molecule has 2 heteroatoms. The fourth-order valence-corrected chi connectivity index (χ4v) is 11.5. The predicted octanol–water partition coefficient (Wildman–Crippen LogP) is 7.59. The molecule has 6 fully saturated rings. The molecule has 0 amide bonds. The van der Waals surface area contributed by atoms with Crippen molar-refractivity contribution in [2.24, 2.45) is 50.7 Å². The molecular weight excluding hydrogens is 392 g/mol. The second-order valence-corrected chi connectivity index (χ2v) is 15.1. The Hall–Kier alpha value is -0.370. The summed E-state index contributed by atoms with van der Waals surface area (Å²) in [7, 11) is 0. The highest BCUT2D eigenvalue weighted by molar-refractivity contribution is 5.86. The van der Waals surface area contributed by atoms with E-state index in [0.29, 0.717) is 39.5 Å². The first-order chi connectivity index (χ1) is 14.8. The van der Waals surface area contributed by atoms with Crippen molar-refractivity contribution in [2.45, 2.75) is 131 Å². The molecular formula is C30H48O2. The Bertz CT molecular complexity index is 842. The van der Waals surface area contributed by atoms with Gasteiger partial charge in [0.05, 0.1) is 11.7 Å². The molecule has 0 aromatic heterocycles. The topological polar surface area (TPSA) is 29.6 Å². The third kappa shape index (κ3) is 2.45. The fourth-order valence-electron chi connectivity index (χ4n) is 11.5. The first kappa shape index (κ1) is 22.1. The first-order valence-electron chi connectivity index (χ1n) is 14.1. The maximum absolute atomic E-state index is 12.8. The van der Waals surface area contributed by atoms with Gasteiger partial charge in [0.25, 0.3) is 0 Å². The predicted molar refractivity (Wildman–Crippen MR) is 129 cm³/mol. The van der Waals surface area contributed by atoms with Gasteiger partial charge in [0.1, 0.15) is 5.78 Å². The van der Waals surface area contributed by atoms with Gasteiger partial charge in [0.2, 0.25) is 0 Å². The molecule has 2 spiro atoms. The molecule has 2 unspecified atom stereocenters. The lowest BCUT2D eigenvalue weighted by Crippen LogP contribution is -2.57. The zero-order valence-electron chi connectivity index (χ0n) is 22.0. The van der Waals surface area contributed by atoms with Gasteiger partial charge in [0, 0.05) is 11.8 Å². The summed E-state index contributed by atoms with van der Waals surface area (Å²) in [6.45, 7) is 17.1. The Labute approximate surface area is 197 Å². The van der Waals surface area contributed by atoms with Crippen LogP contribution >= 0.6 is 0 Å². The molecule has 6 aliphatic rings. The van der Waals surface area contributed by atoms with Crippen LogP contribution in [0.1, 0.15) is 119 Å². The standard InChI is InChI=1S/C30H48O2/c1-19(8-11-24-26(4,5)32-24)20-12-14-28(7)22-10-9-21-25(2,3)23(31)13-15-29(21)18-30(22,29)17-16-27(20,28)6/h19-22,24H,8-18H2,1-7H3/t19-,20-,21?,22?,24-,27-,28+,29-,30+/m1/s1. The van der Waals surface area contributed by atoms with E-state index in [4.69, 9.17) is 4.74 Å². The molecule has 0 aromatic rings. The van der Waals surface area contributed by atoms with E-state index in [2.05, 4.69) is 48.5 Å². The van der Waals surface area contributed by atoms with Crippen LogP contribution < -0.4 is 0 Å². The van der Waals surface area contributed by atoms with Crippen molar-refractivity contribution in [3.05, 3.63) is 0 Å². The van der Waals surface area contributed by atoms with Crippen LogP contribution in [0.2, 0.25) is 0 Å². The molecule has 0 bridgehead atoms. The summed E-state index contributed by atoms with van der Waals surface area (Å²) in [4.78, 5) is 12.8. The third-order valence-electron chi connectivity index (χ3n) is 13.7. The van der Waals surface area contributed by atoms with Gasteiger partial charge in [-0.2, -0.15) is 0 Å². The maximum Gasteiger partial charge on any atom is 0.138 e. The van der Waals surface area contributed by atoms with Gasteiger partial charge in [-0.1, -0.05) is 34.6 Å². The van der Waals surface area contributed by atoms with Gasteiger partial charge < -0.3 is 4.74 Å². The van der Waals surface area contributed by atoms with Crippen LogP contribution in [-0.2, 0) is 9.53 Å². The van der Waals surface area contributed by atoms with E-state index < -0.39 is 0 Å². The number of hydrogen-bond donors (Lipinski definition) is 0. The number of carbonyl (C=O) groups excluding carboxylic acids is 1. The summed E-state index contributed by atoms with van der Waals surface area (Å²) in [5, 5.41) is 0. The van der Waals surface area contributed by atoms with Crippen LogP contribution in [0.15, 0.2) is 0 Å². The lowest BCUT2D eigenvalue weighted by Gasteiger charge is -2.62. The normalized spacial score (nSPS) is 55.3. The Kier molecular flexibility index (Phi) is 4.31. The number of fused-ring (bicyclic) bond motifs is 2. The summed E-state index contributed by atoms with van der Waals surface area (Å²) in [6, 6.07) is 0. The average Bonchev–Trinajstić information content (AvgIpc) is 3.53. The molecule has 5 saturated carbocycles. The number of hydrogen-bond acceptors (Lipinski definition) is 2. The van der Waals surface area contributed by atoms with E-state index >= 15 is 0 Å². The molecule has 0 N–H and O–H groups in total. The molecule has 0 aromatic carbocycles. The van der Waals surface area contributed by atoms with Gasteiger partial charge >= 0.3 is 0 Å². The van der Waals surface area contributed by atoms with Crippen molar-refractivity contribution in [3.63, 3.8) is 0 Å². The second-order valence-electron chi connectivity index (χ2n) is 15.1. The zero-order chi connectivity index (χ0) is 22.9. The van der Waals surface area contributed by atoms with Crippen molar-refractivity contribution in [3.8, 4) is 0 Å².